The highest BCUT2D eigenvalue weighted by molar-refractivity contribution is 9.10. The topological polar surface area (TPSA) is 55.6 Å². The Balaban J connectivity index is 2.08. The molecule has 1 aromatic carbocycles. The van der Waals surface area contributed by atoms with Crippen molar-refractivity contribution in [2.45, 2.75) is 19.4 Å². The maximum Gasteiger partial charge on any atom is 0.221 e. The number of amides is 1. The molecule has 0 radical (unpaired) electrons. The molecule has 1 fully saturated rings. The molecule has 1 amide bonds. The van der Waals surface area contributed by atoms with Gasteiger partial charge in [0.15, 0.2) is 0 Å². The van der Waals surface area contributed by atoms with Crippen molar-refractivity contribution in [2.75, 3.05) is 20.2 Å². The second kappa shape index (κ2) is 6.39. The number of hydrogen-bond donors (Lipinski definition) is 1. The first-order valence-electron chi connectivity index (χ1n) is 6.44. The molecule has 4 nitrogen and oxygen atoms in total. The lowest BCUT2D eigenvalue weighted by molar-refractivity contribution is -0.123. The van der Waals surface area contributed by atoms with E-state index in [1.807, 2.05) is 12.1 Å². The lowest BCUT2D eigenvalue weighted by Crippen LogP contribution is -2.40. The number of carbonyl (C=O) groups excluding carboxylic acids is 1. The Labute approximate surface area is 122 Å². The van der Waals surface area contributed by atoms with Gasteiger partial charge in [-0.15, -0.1) is 0 Å². The summed E-state index contributed by atoms with van der Waals surface area (Å²) >= 11 is 3.48. The fraction of sp³-hybridized carbons (Fsp3) is 0.500. The Kier molecular flexibility index (Phi) is 4.82. The van der Waals surface area contributed by atoms with Gasteiger partial charge in [-0.3, -0.25) is 9.69 Å². The molecule has 5 heteroatoms. The molecular weight excluding hydrogens is 308 g/mol. The summed E-state index contributed by atoms with van der Waals surface area (Å²) < 4.78 is 6.41. The third-order valence-corrected chi connectivity index (χ3v) is 4.04. The zero-order chi connectivity index (χ0) is 13.8. The monoisotopic (exact) mass is 326 g/mol. The molecule has 2 N–H and O–H groups in total. The molecule has 1 aliphatic rings. The van der Waals surface area contributed by atoms with Crippen LogP contribution in [0.4, 0.5) is 0 Å². The summed E-state index contributed by atoms with van der Waals surface area (Å²) in [6, 6.07) is 5.98. The SMILES string of the molecule is COc1ccc(Br)cc1CN1CCC[C@@H](C(N)=O)C1. The molecule has 1 aromatic rings. The third-order valence-electron chi connectivity index (χ3n) is 3.54. The molecule has 1 atom stereocenters. The number of likely N-dealkylation sites (tertiary alicyclic amines) is 1. The number of hydrogen-bond acceptors (Lipinski definition) is 3. The highest BCUT2D eigenvalue weighted by atomic mass is 79.9. The van der Waals surface area contributed by atoms with Gasteiger partial charge in [0, 0.05) is 23.1 Å². The van der Waals surface area contributed by atoms with E-state index < -0.39 is 0 Å². The van der Waals surface area contributed by atoms with E-state index in [0.29, 0.717) is 0 Å². The van der Waals surface area contributed by atoms with Gasteiger partial charge in [-0.05, 0) is 37.6 Å². The highest BCUT2D eigenvalue weighted by Gasteiger charge is 2.24. The second-order valence-corrected chi connectivity index (χ2v) is 5.85. The Bertz CT molecular complexity index is 465. The predicted octanol–water partition coefficient (Wildman–Crippen LogP) is 2.15. The lowest BCUT2D eigenvalue weighted by atomic mass is 9.97. The average Bonchev–Trinajstić information content (AvgIpc) is 2.39. The van der Waals surface area contributed by atoms with Gasteiger partial charge in [0.05, 0.1) is 13.0 Å². The molecular formula is C14H19BrN2O2. The molecule has 0 spiro atoms. The maximum atomic E-state index is 11.3. The first kappa shape index (κ1) is 14.3. The number of ether oxygens (including phenoxy) is 1. The van der Waals surface area contributed by atoms with Crippen LogP contribution in [0, 0.1) is 5.92 Å². The maximum absolute atomic E-state index is 11.3. The summed E-state index contributed by atoms with van der Waals surface area (Å²) in [5.41, 5.74) is 6.53. The first-order chi connectivity index (χ1) is 9.10. The summed E-state index contributed by atoms with van der Waals surface area (Å²) in [7, 11) is 1.68. The Morgan fingerprint density at radius 3 is 3.05 bits per heavy atom. The smallest absolute Gasteiger partial charge is 0.221 e. The van der Waals surface area contributed by atoms with Crippen LogP contribution in [0.2, 0.25) is 0 Å². The van der Waals surface area contributed by atoms with E-state index in [1.165, 1.54) is 0 Å². The molecule has 2 rings (SSSR count). The van der Waals surface area contributed by atoms with Crippen molar-refractivity contribution < 1.29 is 9.53 Å². The van der Waals surface area contributed by atoms with E-state index in [-0.39, 0.29) is 11.8 Å². The van der Waals surface area contributed by atoms with Crippen molar-refractivity contribution in [1.82, 2.24) is 4.90 Å². The molecule has 19 heavy (non-hydrogen) atoms. The van der Waals surface area contributed by atoms with Crippen molar-refractivity contribution in [3.63, 3.8) is 0 Å². The van der Waals surface area contributed by atoms with Crippen molar-refractivity contribution in [3.8, 4) is 5.75 Å². The Morgan fingerprint density at radius 2 is 2.37 bits per heavy atom. The summed E-state index contributed by atoms with van der Waals surface area (Å²) in [6.45, 7) is 2.52. The van der Waals surface area contributed by atoms with Gasteiger partial charge in [-0.25, -0.2) is 0 Å². The van der Waals surface area contributed by atoms with Gasteiger partial charge in [0.2, 0.25) is 5.91 Å². The Hall–Kier alpha value is -1.07. The summed E-state index contributed by atoms with van der Waals surface area (Å²) in [6.07, 6.45) is 1.92. The molecule has 1 aliphatic heterocycles. The second-order valence-electron chi connectivity index (χ2n) is 4.93. The van der Waals surface area contributed by atoms with Crippen molar-refractivity contribution in [1.29, 1.82) is 0 Å². The molecule has 0 unspecified atom stereocenters. The zero-order valence-corrected chi connectivity index (χ0v) is 12.6. The zero-order valence-electron chi connectivity index (χ0n) is 11.1. The molecule has 1 saturated heterocycles. The number of primary amides is 1. The molecule has 104 valence electrons. The van der Waals surface area contributed by atoms with Crippen LogP contribution in [-0.4, -0.2) is 31.0 Å². The summed E-state index contributed by atoms with van der Waals surface area (Å²) in [4.78, 5) is 13.6. The van der Waals surface area contributed by atoms with E-state index in [4.69, 9.17) is 10.5 Å². The largest absolute Gasteiger partial charge is 0.496 e. The van der Waals surface area contributed by atoms with Gasteiger partial charge >= 0.3 is 0 Å². The minimum Gasteiger partial charge on any atom is -0.496 e. The van der Waals surface area contributed by atoms with Crippen LogP contribution in [0.25, 0.3) is 0 Å². The number of rotatable bonds is 4. The van der Waals surface area contributed by atoms with Crippen molar-refractivity contribution >= 4 is 21.8 Å². The fourth-order valence-corrected chi connectivity index (χ4v) is 2.95. The van der Waals surface area contributed by atoms with E-state index >= 15 is 0 Å². The molecule has 0 aromatic heterocycles. The van der Waals surface area contributed by atoms with Crippen LogP contribution >= 0.6 is 15.9 Å². The van der Waals surface area contributed by atoms with Crippen LogP contribution in [-0.2, 0) is 11.3 Å². The number of carbonyl (C=O) groups is 1. The van der Waals surface area contributed by atoms with Gasteiger partial charge in [-0.1, -0.05) is 15.9 Å². The van der Waals surface area contributed by atoms with Crippen molar-refractivity contribution in [3.05, 3.63) is 28.2 Å². The predicted molar refractivity (Wildman–Crippen MR) is 77.9 cm³/mol. The highest BCUT2D eigenvalue weighted by Crippen LogP contribution is 2.26. The number of methoxy groups -OCH3 is 1. The Morgan fingerprint density at radius 1 is 1.58 bits per heavy atom. The van der Waals surface area contributed by atoms with Crippen LogP contribution in [0.15, 0.2) is 22.7 Å². The van der Waals surface area contributed by atoms with Gasteiger partial charge in [0.1, 0.15) is 5.75 Å². The van der Waals surface area contributed by atoms with Crippen LogP contribution in [0.5, 0.6) is 5.75 Å². The summed E-state index contributed by atoms with van der Waals surface area (Å²) in [5.74, 6) is 0.669. The number of nitrogens with two attached hydrogens (primary N) is 1. The van der Waals surface area contributed by atoms with Gasteiger partial charge < -0.3 is 10.5 Å². The molecule has 0 saturated carbocycles. The number of halogens is 1. The number of benzene rings is 1. The van der Waals surface area contributed by atoms with Crippen LogP contribution < -0.4 is 10.5 Å². The normalized spacial score (nSPS) is 20.2. The number of piperidine rings is 1. The van der Waals surface area contributed by atoms with E-state index in [0.717, 1.165) is 48.3 Å². The molecule has 1 heterocycles. The standard InChI is InChI=1S/C14H19BrN2O2/c1-19-13-5-4-12(15)7-11(13)9-17-6-2-3-10(8-17)14(16)18/h4-5,7,10H,2-3,6,8-9H2,1H3,(H2,16,18)/t10-/m1/s1. The fourth-order valence-electron chi connectivity index (χ4n) is 2.54. The minimum absolute atomic E-state index is 0.0214. The minimum atomic E-state index is -0.189. The van der Waals surface area contributed by atoms with Crippen LogP contribution in [0.3, 0.4) is 0 Å². The average molecular weight is 327 g/mol. The van der Waals surface area contributed by atoms with Gasteiger partial charge in [0.25, 0.3) is 0 Å². The van der Waals surface area contributed by atoms with Crippen LogP contribution in [0.1, 0.15) is 18.4 Å². The third kappa shape index (κ3) is 3.70. The molecule has 0 aliphatic carbocycles. The lowest BCUT2D eigenvalue weighted by Gasteiger charge is -2.31. The number of nitrogens with zero attached hydrogens (tertiary/aromatic N) is 1. The van der Waals surface area contributed by atoms with E-state index in [1.54, 1.807) is 7.11 Å². The quantitative estimate of drug-likeness (QED) is 0.922. The van der Waals surface area contributed by atoms with E-state index in [2.05, 4.69) is 26.9 Å². The molecule has 0 bridgehead atoms. The van der Waals surface area contributed by atoms with Crippen molar-refractivity contribution in [2.24, 2.45) is 11.7 Å². The summed E-state index contributed by atoms with van der Waals surface area (Å²) in [5, 5.41) is 0. The van der Waals surface area contributed by atoms with E-state index in [9.17, 15) is 4.79 Å². The van der Waals surface area contributed by atoms with Gasteiger partial charge in [-0.2, -0.15) is 0 Å². The first-order valence-corrected chi connectivity index (χ1v) is 7.23.